The lowest BCUT2D eigenvalue weighted by atomic mass is 10.1. The van der Waals surface area contributed by atoms with E-state index in [-0.39, 0.29) is 5.91 Å². The van der Waals surface area contributed by atoms with Gasteiger partial charge < -0.3 is 10.1 Å². The van der Waals surface area contributed by atoms with Gasteiger partial charge in [0.25, 0.3) is 0 Å². The molecule has 0 atom stereocenters. The van der Waals surface area contributed by atoms with Crippen LogP contribution in [0.2, 0.25) is 0 Å². The summed E-state index contributed by atoms with van der Waals surface area (Å²) in [4.78, 5) is 11.2. The lowest BCUT2D eigenvalue weighted by molar-refractivity contribution is -0.121. The first-order valence-corrected chi connectivity index (χ1v) is 5.03. The normalized spacial score (nSPS) is 9.93. The zero-order chi connectivity index (χ0) is 10.9. The summed E-state index contributed by atoms with van der Waals surface area (Å²) in [5.74, 6) is 0.0411. The van der Waals surface area contributed by atoms with Crippen molar-refractivity contribution >= 4 is 5.91 Å². The molecule has 0 aliphatic carbocycles. The minimum atomic E-state index is 0.0411. The Bertz CT molecular complexity index is 285. The number of hydrogen-bond donors (Lipinski definition) is 1. The Kier molecular flexibility index (Phi) is 5.48. The van der Waals surface area contributed by atoms with Gasteiger partial charge in [-0.2, -0.15) is 0 Å². The van der Waals surface area contributed by atoms with Crippen LogP contribution < -0.4 is 5.32 Å². The van der Waals surface area contributed by atoms with E-state index in [1.807, 2.05) is 24.3 Å². The Morgan fingerprint density at radius 2 is 2.20 bits per heavy atom. The molecule has 81 valence electrons. The minimum absolute atomic E-state index is 0.0411. The second kappa shape index (κ2) is 7.01. The van der Waals surface area contributed by atoms with Crippen molar-refractivity contribution in [2.24, 2.45) is 0 Å². The highest BCUT2D eigenvalue weighted by atomic mass is 16.5. The molecule has 0 saturated heterocycles. The number of carbonyl (C=O) groups excluding carboxylic acids is 1. The average molecular weight is 206 g/mol. The van der Waals surface area contributed by atoms with Crippen molar-refractivity contribution in [3.05, 3.63) is 35.9 Å². The van der Waals surface area contributed by atoms with E-state index in [9.17, 15) is 4.79 Å². The molecule has 1 rings (SSSR count). The fourth-order valence-corrected chi connectivity index (χ4v) is 1.22. The summed E-state index contributed by atoms with van der Waals surface area (Å²) in [7, 11) is 1.59. The van der Waals surface area contributed by atoms with Crippen molar-refractivity contribution in [2.75, 3.05) is 20.3 Å². The molecule has 1 aromatic rings. The number of rotatable bonds is 6. The zero-order valence-electron chi connectivity index (χ0n) is 8.95. The molecule has 0 fully saturated rings. The first-order chi connectivity index (χ1) is 7.33. The van der Waals surface area contributed by atoms with E-state index in [4.69, 9.17) is 4.74 Å². The van der Waals surface area contributed by atoms with Crippen LogP contribution in [0.4, 0.5) is 0 Å². The molecule has 1 amide bonds. The largest absolute Gasteiger partial charge is 0.384 e. The van der Waals surface area contributed by atoms with Gasteiger partial charge in [0.1, 0.15) is 0 Å². The summed E-state index contributed by atoms with van der Waals surface area (Å²) in [6, 6.07) is 10.7. The fraction of sp³-hybridized carbons (Fsp3) is 0.417. The van der Waals surface area contributed by atoms with Crippen molar-refractivity contribution in [2.45, 2.75) is 12.8 Å². The van der Waals surface area contributed by atoms with Crippen LogP contribution in [0.25, 0.3) is 0 Å². The van der Waals surface area contributed by atoms with Gasteiger partial charge in [0.05, 0.1) is 6.61 Å². The van der Waals surface area contributed by atoms with Crippen LogP contribution >= 0.6 is 0 Å². The van der Waals surface area contributed by atoms with E-state index in [1.165, 1.54) is 5.56 Å². The molecule has 15 heavy (non-hydrogen) atoms. The van der Waals surface area contributed by atoms with Crippen LogP contribution in [0, 0.1) is 6.07 Å². The van der Waals surface area contributed by atoms with E-state index in [2.05, 4.69) is 11.4 Å². The fourth-order valence-electron chi connectivity index (χ4n) is 1.22. The first kappa shape index (κ1) is 11.7. The number of ether oxygens (including phenoxy) is 1. The average Bonchev–Trinajstić information content (AvgIpc) is 2.28. The molecule has 1 radical (unpaired) electrons. The summed E-state index contributed by atoms with van der Waals surface area (Å²) < 4.78 is 4.81. The van der Waals surface area contributed by atoms with Gasteiger partial charge in [-0.15, -0.1) is 0 Å². The van der Waals surface area contributed by atoms with Gasteiger partial charge in [-0.05, 0) is 18.1 Å². The van der Waals surface area contributed by atoms with Gasteiger partial charge in [-0.3, -0.25) is 4.79 Å². The molecule has 0 spiro atoms. The van der Waals surface area contributed by atoms with E-state index in [0.29, 0.717) is 19.6 Å². The quantitative estimate of drug-likeness (QED) is 0.759. The van der Waals surface area contributed by atoms with Gasteiger partial charge >= 0.3 is 0 Å². The third kappa shape index (κ3) is 5.18. The van der Waals surface area contributed by atoms with Crippen LogP contribution in [0.15, 0.2) is 24.3 Å². The van der Waals surface area contributed by atoms with Crippen LogP contribution in [-0.2, 0) is 16.0 Å². The van der Waals surface area contributed by atoms with Crippen LogP contribution in [-0.4, -0.2) is 26.2 Å². The van der Waals surface area contributed by atoms with E-state index in [0.717, 1.165) is 6.42 Å². The number of benzene rings is 1. The molecule has 1 aromatic carbocycles. The maximum atomic E-state index is 11.2. The van der Waals surface area contributed by atoms with E-state index < -0.39 is 0 Å². The maximum Gasteiger partial charge on any atom is 0.222 e. The topological polar surface area (TPSA) is 38.3 Å². The van der Waals surface area contributed by atoms with Crippen LogP contribution in [0.1, 0.15) is 12.0 Å². The molecular weight excluding hydrogens is 190 g/mol. The standard InChI is InChI=1S/C12H16NO2/c1-15-10-8-12(14)13-9-7-11-5-3-2-4-6-11/h3-6H,7-10H2,1H3,(H,13,14). The number of nitrogens with one attached hydrogen (secondary N) is 1. The third-order valence-electron chi connectivity index (χ3n) is 2.06. The summed E-state index contributed by atoms with van der Waals surface area (Å²) in [6.45, 7) is 1.15. The Labute approximate surface area is 90.4 Å². The SMILES string of the molecule is COCCC(=O)NCCc1cc[c]cc1. The highest BCUT2D eigenvalue weighted by Gasteiger charge is 1.99. The molecule has 1 N–H and O–H groups in total. The van der Waals surface area contributed by atoms with Crippen LogP contribution in [0.3, 0.4) is 0 Å². The Morgan fingerprint density at radius 3 is 2.87 bits per heavy atom. The molecule has 0 aromatic heterocycles. The Balaban J connectivity index is 2.14. The van der Waals surface area contributed by atoms with Gasteiger partial charge in [0.15, 0.2) is 0 Å². The molecule has 0 aliphatic heterocycles. The number of amides is 1. The first-order valence-electron chi connectivity index (χ1n) is 5.03. The third-order valence-corrected chi connectivity index (χ3v) is 2.06. The molecule has 0 aliphatic rings. The number of methoxy groups -OCH3 is 1. The predicted molar refractivity (Wildman–Crippen MR) is 58.5 cm³/mol. The second-order valence-electron chi connectivity index (χ2n) is 3.25. The molecule has 3 heteroatoms. The lowest BCUT2D eigenvalue weighted by Crippen LogP contribution is -2.26. The Hall–Kier alpha value is -1.35. The van der Waals surface area contributed by atoms with Gasteiger partial charge in [0, 0.05) is 20.1 Å². The summed E-state index contributed by atoms with van der Waals surface area (Å²) in [5.41, 5.74) is 1.21. The molecule has 0 heterocycles. The van der Waals surface area contributed by atoms with Crippen molar-refractivity contribution in [1.29, 1.82) is 0 Å². The van der Waals surface area contributed by atoms with Crippen molar-refractivity contribution < 1.29 is 9.53 Å². The van der Waals surface area contributed by atoms with Crippen LogP contribution in [0.5, 0.6) is 0 Å². The van der Waals surface area contributed by atoms with Gasteiger partial charge in [-0.1, -0.05) is 24.3 Å². The van der Waals surface area contributed by atoms with E-state index >= 15 is 0 Å². The van der Waals surface area contributed by atoms with Crippen molar-refractivity contribution in [1.82, 2.24) is 5.32 Å². The van der Waals surface area contributed by atoms with E-state index in [1.54, 1.807) is 7.11 Å². The minimum Gasteiger partial charge on any atom is -0.384 e. The second-order valence-corrected chi connectivity index (χ2v) is 3.25. The molecule has 0 bridgehead atoms. The monoisotopic (exact) mass is 206 g/mol. The summed E-state index contributed by atoms with van der Waals surface area (Å²) in [6.07, 6.45) is 1.28. The van der Waals surface area contributed by atoms with Gasteiger partial charge in [0.2, 0.25) is 5.91 Å². The highest BCUT2D eigenvalue weighted by molar-refractivity contribution is 5.75. The number of hydrogen-bond acceptors (Lipinski definition) is 2. The molecule has 3 nitrogen and oxygen atoms in total. The summed E-state index contributed by atoms with van der Waals surface area (Å²) >= 11 is 0. The highest BCUT2D eigenvalue weighted by Crippen LogP contribution is 1.97. The maximum absolute atomic E-state index is 11.2. The van der Waals surface area contributed by atoms with Crippen molar-refractivity contribution in [3.63, 3.8) is 0 Å². The number of carbonyl (C=O) groups is 1. The molecular formula is C12H16NO2. The lowest BCUT2D eigenvalue weighted by Gasteiger charge is -2.04. The zero-order valence-corrected chi connectivity index (χ0v) is 8.95. The summed E-state index contributed by atoms with van der Waals surface area (Å²) in [5, 5.41) is 2.84. The van der Waals surface area contributed by atoms with Crippen molar-refractivity contribution in [3.8, 4) is 0 Å². The smallest absolute Gasteiger partial charge is 0.222 e. The van der Waals surface area contributed by atoms with Gasteiger partial charge in [-0.25, -0.2) is 0 Å². The predicted octanol–water partition coefficient (Wildman–Crippen LogP) is 1.18. The molecule has 0 unspecified atom stereocenters. The molecule has 0 saturated carbocycles. The Morgan fingerprint density at radius 1 is 1.47 bits per heavy atom.